The summed E-state index contributed by atoms with van der Waals surface area (Å²) in [5.74, 6) is -0.0441. The van der Waals surface area contributed by atoms with Crippen molar-refractivity contribution in [2.45, 2.75) is 6.92 Å². The second kappa shape index (κ2) is 9.20. The van der Waals surface area contributed by atoms with Gasteiger partial charge in [-0.2, -0.15) is 0 Å². The van der Waals surface area contributed by atoms with Crippen LogP contribution in [0.15, 0.2) is 54.6 Å². The van der Waals surface area contributed by atoms with E-state index in [4.69, 9.17) is 4.98 Å². The molecule has 6 heteroatoms. The van der Waals surface area contributed by atoms with E-state index in [9.17, 15) is 4.79 Å². The standard InChI is InChI=1S/C23H26N4OS/c1-18-6-5-9-20-22(18)25-23(29-20)27-16-14-26(15-17-27)13-12-24-21(28)11-10-19-7-3-2-4-8-19/h2-11H,12-17H2,1H3,(H,24,28)/b11-10+. The summed E-state index contributed by atoms with van der Waals surface area (Å²) >= 11 is 1.78. The number of piperazine rings is 1. The van der Waals surface area contributed by atoms with Crippen molar-refractivity contribution in [1.82, 2.24) is 15.2 Å². The Morgan fingerprint density at radius 3 is 2.66 bits per heavy atom. The Kier molecular flexibility index (Phi) is 6.22. The third-order valence-electron chi connectivity index (χ3n) is 5.21. The normalized spacial score (nSPS) is 15.3. The molecular weight excluding hydrogens is 380 g/mol. The molecule has 1 saturated heterocycles. The van der Waals surface area contributed by atoms with Crippen LogP contribution in [-0.4, -0.2) is 55.1 Å². The van der Waals surface area contributed by atoms with Crippen LogP contribution < -0.4 is 10.2 Å². The van der Waals surface area contributed by atoms with E-state index in [1.807, 2.05) is 36.4 Å². The number of carbonyl (C=O) groups excluding carboxylic acids is 1. The number of benzene rings is 2. The number of aryl methyl sites for hydroxylation is 1. The van der Waals surface area contributed by atoms with Gasteiger partial charge in [0.25, 0.3) is 0 Å². The van der Waals surface area contributed by atoms with Gasteiger partial charge in [-0.05, 0) is 30.2 Å². The Labute approximate surface area is 175 Å². The maximum atomic E-state index is 12.0. The zero-order valence-corrected chi connectivity index (χ0v) is 17.5. The summed E-state index contributed by atoms with van der Waals surface area (Å²) < 4.78 is 1.26. The van der Waals surface area contributed by atoms with E-state index >= 15 is 0 Å². The number of fused-ring (bicyclic) bond motifs is 1. The number of para-hydroxylation sites is 1. The van der Waals surface area contributed by atoms with Gasteiger partial charge in [0.1, 0.15) is 0 Å². The Bertz CT molecular complexity index is 991. The molecule has 1 amide bonds. The summed E-state index contributed by atoms with van der Waals surface area (Å²) in [6, 6.07) is 16.2. The molecule has 5 nitrogen and oxygen atoms in total. The molecule has 0 aliphatic carbocycles. The fourth-order valence-corrected chi connectivity index (χ4v) is 4.60. The van der Waals surface area contributed by atoms with E-state index in [1.54, 1.807) is 17.4 Å². The van der Waals surface area contributed by atoms with Crippen LogP contribution in [0.1, 0.15) is 11.1 Å². The first-order valence-electron chi connectivity index (χ1n) is 10.0. The second-order valence-corrected chi connectivity index (χ2v) is 8.29. The Morgan fingerprint density at radius 2 is 1.90 bits per heavy atom. The van der Waals surface area contributed by atoms with Gasteiger partial charge >= 0.3 is 0 Å². The zero-order chi connectivity index (χ0) is 20.1. The smallest absolute Gasteiger partial charge is 0.244 e. The van der Waals surface area contributed by atoms with Crippen LogP contribution in [0, 0.1) is 6.92 Å². The molecule has 2 aromatic carbocycles. The maximum absolute atomic E-state index is 12.0. The predicted octanol–water partition coefficient (Wildman–Crippen LogP) is 3.56. The number of nitrogens with one attached hydrogen (secondary N) is 1. The molecule has 1 fully saturated rings. The zero-order valence-electron chi connectivity index (χ0n) is 16.7. The number of thiazole rings is 1. The molecule has 0 atom stereocenters. The fourth-order valence-electron chi connectivity index (χ4n) is 3.50. The van der Waals surface area contributed by atoms with E-state index in [0.29, 0.717) is 6.54 Å². The summed E-state index contributed by atoms with van der Waals surface area (Å²) in [4.78, 5) is 21.6. The number of hydrogen-bond donors (Lipinski definition) is 1. The predicted molar refractivity (Wildman–Crippen MR) is 121 cm³/mol. The highest BCUT2D eigenvalue weighted by Crippen LogP contribution is 2.30. The lowest BCUT2D eigenvalue weighted by Crippen LogP contribution is -2.48. The van der Waals surface area contributed by atoms with Crippen molar-refractivity contribution in [3.8, 4) is 0 Å². The van der Waals surface area contributed by atoms with Crippen molar-refractivity contribution in [2.75, 3.05) is 44.2 Å². The minimum atomic E-state index is -0.0441. The van der Waals surface area contributed by atoms with Crippen molar-refractivity contribution in [3.05, 3.63) is 65.7 Å². The van der Waals surface area contributed by atoms with Crippen molar-refractivity contribution < 1.29 is 4.79 Å². The Hall–Kier alpha value is -2.70. The van der Waals surface area contributed by atoms with Crippen LogP contribution in [0.5, 0.6) is 0 Å². The number of aromatic nitrogens is 1. The molecule has 0 unspecified atom stereocenters. The van der Waals surface area contributed by atoms with Crippen LogP contribution in [0.4, 0.5) is 5.13 Å². The van der Waals surface area contributed by atoms with E-state index < -0.39 is 0 Å². The van der Waals surface area contributed by atoms with E-state index in [-0.39, 0.29) is 5.91 Å². The molecule has 1 aliphatic heterocycles. The van der Waals surface area contributed by atoms with E-state index in [0.717, 1.165) is 48.9 Å². The molecule has 0 radical (unpaired) electrons. The molecular formula is C23H26N4OS. The quantitative estimate of drug-likeness (QED) is 0.636. The molecule has 1 N–H and O–H groups in total. The summed E-state index contributed by atoms with van der Waals surface area (Å²) in [5, 5.41) is 4.09. The molecule has 0 spiro atoms. The minimum absolute atomic E-state index is 0.0441. The summed E-state index contributed by atoms with van der Waals surface area (Å²) in [6.07, 6.45) is 3.44. The number of rotatable bonds is 6. The van der Waals surface area contributed by atoms with Gasteiger partial charge in [0.05, 0.1) is 10.2 Å². The lowest BCUT2D eigenvalue weighted by atomic mass is 10.2. The topological polar surface area (TPSA) is 48.5 Å². The number of amides is 1. The van der Waals surface area contributed by atoms with Crippen LogP contribution in [0.25, 0.3) is 16.3 Å². The highest BCUT2D eigenvalue weighted by atomic mass is 32.1. The number of nitrogens with zero attached hydrogens (tertiary/aromatic N) is 3. The molecule has 4 rings (SSSR count). The largest absolute Gasteiger partial charge is 0.351 e. The van der Waals surface area contributed by atoms with Crippen molar-refractivity contribution in [1.29, 1.82) is 0 Å². The molecule has 150 valence electrons. The van der Waals surface area contributed by atoms with Crippen molar-refractivity contribution >= 4 is 38.7 Å². The highest BCUT2D eigenvalue weighted by molar-refractivity contribution is 7.22. The average molecular weight is 407 g/mol. The van der Waals surface area contributed by atoms with Gasteiger partial charge in [-0.3, -0.25) is 9.69 Å². The van der Waals surface area contributed by atoms with Gasteiger partial charge in [0, 0.05) is 45.3 Å². The molecule has 2 heterocycles. The second-order valence-electron chi connectivity index (χ2n) is 7.28. The monoisotopic (exact) mass is 406 g/mol. The summed E-state index contributed by atoms with van der Waals surface area (Å²) in [7, 11) is 0. The molecule has 29 heavy (non-hydrogen) atoms. The first-order chi connectivity index (χ1) is 14.2. The van der Waals surface area contributed by atoms with Gasteiger partial charge in [-0.25, -0.2) is 4.98 Å². The number of anilines is 1. The van der Waals surface area contributed by atoms with E-state index in [2.05, 4.69) is 40.2 Å². The first kappa shape index (κ1) is 19.6. The molecule has 0 saturated carbocycles. The lowest BCUT2D eigenvalue weighted by molar-refractivity contribution is -0.116. The number of carbonyl (C=O) groups is 1. The Balaban J connectivity index is 1.21. The van der Waals surface area contributed by atoms with Crippen LogP contribution in [-0.2, 0) is 4.79 Å². The van der Waals surface area contributed by atoms with Crippen LogP contribution in [0.3, 0.4) is 0 Å². The summed E-state index contributed by atoms with van der Waals surface area (Å²) in [6.45, 7) is 7.58. The third-order valence-corrected chi connectivity index (χ3v) is 6.29. The van der Waals surface area contributed by atoms with Gasteiger partial charge in [0.15, 0.2) is 5.13 Å². The first-order valence-corrected chi connectivity index (χ1v) is 10.8. The molecule has 0 bridgehead atoms. The Morgan fingerprint density at radius 1 is 1.10 bits per heavy atom. The highest BCUT2D eigenvalue weighted by Gasteiger charge is 2.19. The van der Waals surface area contributed by atoms with Crippen molar-refractivity contribution in [2.24, 2.45) is 0 Å². The minimum Gasteiger partial charge on any atom is -0.351 e. The van der Waals surface area contributed by atoms with Crippen LogP contribution >= 0.6 is 11.3 Å². The van der Waals surface area contributed by atoms with Gasteiger partial charge in [0.2, 0.25) is 5.91 Å². The maximum Gasteiger partial charge on any atom is 0.244 e. The lowest BCUT2D eigenvalue weighted by Gasteiger charge is -2.34. The molecule has 1 aromatic heterocycles. The van der Waals surface area contributed by atoms with E-state index in [1.165, 1.54) is 10.3 Å². The van der Waals surface area contributed by atoms with Gasteiger partial charge in [-0.15, -0.1) is 0 Å². The van der Waals surface area contributed by atoms with Gasteiger partial charge in [-0.1, -0.05) is 53.8 Å². The number of hydrogen-bond acceptors (Lipinski definition) is 5. The van der Waals surface area contributed by atoms with Gasteiger partial charge < -0.3 is 10.2 Å². The molecule has 1 aliphatic rings. The van der Waals surface area contributed by atoms with Crippen LogP contribution in [0.2, 0.25) is 0 Å². The third kappa shape index (κ3) is 5.02. The fraction of sp³-hybridized carbons (Fsp3) is 0.304. The molecule has 3 aromatic rings. The average Bonchev–Trinajstić information content (AvgIpc) is 3.19. The SMILES string of the molecule is Cc1cccc2sc(N3CCN(CCNC(=O)/C=C/c4ccccc4)CC3)nc12. The van der Waals surface area contributed by atoms with Crippen molar-refractivity contribution in [3.63, 3.8) is 0 Å². The summed E-state index contributed by atoms with van der Waals surface area (Å²) in [5.41, 5.74) is 3.39.